The van der Waals surface area contributed by atoms with Crippen LogP contribution in [0.1, 0.15) is 6.42 Å². The van der Waals surface area contributed by atoms with Gasteiger partial charge in [0.25, 0.3) is 5.70 Å². The molecular formula is C8H6INO4. The number of aliphatic carboxylic acids is 1. The van der Waals surface area contributed by atoms with Crippen molar-refractivity contribution in [1.29, 1.82) is 0 Å². The number of carboxylic acid groups (broad SMARTS) is 1. The summed E-state index contributed by atoms with van der Waals surface area (Å²) in [4.78, 5) is 20.6. The molecular weight excluding hydrogens is 301 g/mol. The molecule has 6 heteroatoms. The average molecular weight is 307 g/mol. The number of carboxylic acids is 1. The standard InChI is InChI=1S/C8H6INO4/c9-6-3-1-2-5(8(11)12)4-7(6)10(13)14/h1,3-4H,2H2,(H,11,12). The van der Waals surface area contributed by atoms with Crippen LogP contribution in [-0.2, 0) is 4.79 Å². The van der Waals surface area contributed by atoms with Crippen LogP contribution in [0.4, 0.5) is 0 Å². The Morgan fingerprint density at radius 2 is 2.29 bits per heavy atom. The van der Waals surface area contributed by atoms with Gasteiger partial charge in [0.1, 0.15) is 0 Å². The Balaban J connectivity index is 3.20. The van der Waals surface area contributed by atoms with Gasteiger partial charge in [0.2, 0.25) is 0 Å². The predicted octanol–water partition coefficient (Wildman–Crippen LogP) is 1.88. The molecule has 0 saturated carbocycles. The van der Waals surface area contributed by atoms with Crippen LogP contribution < -0.4 is 0 Å². The fourth-order valence-electron chi connectivity index (χ4n) is 0.957. The third kappa shape index (κ3) is 2.41. The highest BCUT2D eigenvalue weighted by Crippen LogP contribution is 2.22. The lowest BCUT2D eigenvalue weighted by Crippen LogP contribution is -2.03. The minimum absolute atomic E-state index is 0.0274. The number of nitro groups is 1. The molecule has 0 aromatic carbocycles. The number of carbonyl (C=O) groups is 1. The van der Waals surface area contributed by atoms with Gasteiger partial charge in [0.15, 0.2) is 0 Å². The van der Waals surface area contributed by atoms with Gasteiger partial charge in [-0.15, -0.1) is 0 Å². The van der Waals surface area contributed by atoms with Crippen molar-refractivity contribution < 1.29 is 14.8 Å². The average Bonchev–Trinajstić information content (AvgIpc) is 2.26. The Labute approximate surface area is 93.1 Å². The third-order valence-corrected chi connectivity index (χ3v) is 2.54. The third-order valence-electron chi connectivity index (χ3n) is 1.63. The summed E-state index contributed by atoms with van der Waals surface area (Å²) < 4.78 is 0.434. The molecule has 14 heavy (non-hydrogen) atoms. The zero-order valence-corrected chi connectivity index (χ0v) is 9.09. The van der Waals surface area contributed by atoms with E-state index in [0.717, 1.165) is 6.08 Å². The van der Waals surface area contributed by atoms with Crippen molar-refractivity contribution in [1.82, 2.24) is 0 Å². The Hall–Kier alpha value is -1.18. The second-order valence-corrected chi connectivity index (χ2v) is 3.73. The summed E-state index contributed by atoms with van der Waals surface area (Å²) in [5.41, 5.74) is -0.142. The van der Waals surface area contributed by atoms with E-state index in [9.17, 15) is 14.9 Å². The molecule has 0 atom stereocenters. The molecule has 5 nitrogen and oxygen atoms in total. The van der Waals surface area contributed by atoms with Gasteiger partial charge in [0.05, 0.1) is 8.50 Å². The van der Waals surface area contributed by atoms with E-state index in [1.165, 1.54) is 0 Å². The summed E-state index contributed by atoms with van der Waals surface area (Å²) in [5.74, 6) is -1.12. The van der Waals surface area contributed by atoms with Crippen LogP contribution in [0.15, 0.2) is 33.1 Å². The molecule has 0 saturated heterocycles. The monoisotopic (exact) mass is 307 g/mol. The van der Waals surface area contributed by atoms with Crippen LogP contribution in [0.2, 0.25) is 0 Å². The highest BCUT2D eigenvalue weighted by Gasteiger charge is 2.18. The number of hydrogen-bond acceptors (Lipinski definition) is 3. The molecule has 74 valence electrons. The van der Waals surface area contributed by atoms with E-state index >= 15 is 0 Å². The summed E-state index contributed by atoms with van der Waals surface area (Å²) in [6.07, 6.45) is 4.45. The van der Waals surface area contributed by atoms with Gasteiger partial charge >= 0.3 is 5.97 Å². The molecule has 0 spiro atoms. The first-order valence-electron chi connectivity index (χ1n) is 3.67. The smallest absolute Gasteiger partial charge is 0.332 e. The molecule has 0 amide bonds. The Kier molecular flexibility index (Phi) is 3.39. The second-order valence-electron chi connectivity index (χ2n) is 2.57. The summed E-state index contributed by atoms with van der Waals surface area (Å²) in [6.45, 7) is 0. The molecule has 1 aliphatic carbocycles. The minimum atomic E-state index is -1.12. The summed E-state index contributed by atoms with van der Waals surface area (Å²) in [7, 11) is 0. The van der Waals surface area contributed by atoms with E-state index in [0.29, 0.717) is 3.58 Å². The molecule has 0 heterocycles. The summed E-state index contributed by atoms with van der Waals surface area (Å²) in [6, 6.07) is 0. The highest BCUT2D eigenvalue weighted by molar-refractivity contribution is 14.1. The zero-order valence-electron chi connectivity index (χ0n) is 6.94. The highest BCUT2D eigenvalue weighted by atomic mass is 127. The zero-order chi connectivity index (χ0) is 10.7. The first-order chi connectivity index (χ1) is 6.52. The SMILES string of the molecule is O=C(O)C1=CC([N+](=O)[O-])=C(I)C=CC1. The van der Waals surface area contributed by atoms with Gasteiger partial charge in [-0.3, -0.25) is 10.1 Å². The lowest BCUT2D eigenvalue weighted by Gasteiger charge is -1.95. The van der Waals surface area contributed by atoms with Crippen LogP contribution in [0.25, 0.3) is 0 Å². The number of nitrogens with zero attached hydrogens (tertiary/aromatic N) is 1. The van der Waals surface area contributed by atoms with Crippen LogP contribution >= 0.6 is 22.6 Å². The van der Waals surface area contributed by atoms with Crippen molar-refractivity contribution in [3.05, 3.63) is 43.2 Å². The normalized spacial score (nSPS) is 16.2. The molecule has 0 bridgehead atoms. The van der Waals surface area contributed by atoms with E-state index in [-0.39, 0.29) is 17.7 Å². The quantitative estimate of drug-likeness (QED) is 0.480. The van der Waals surface area contributed by atoms with Crippen molar-refractivity contribution >= 4 is 28.6 Å². The molecule has 0 unspecified atom stereocenters. The predicted molar refractivity (Wildman–Crippen MR) is 57.5 cm³/mol. The van der Waals surface area contributed by atoms with E-state index in [1.807, 2.05) is 0 Å². The van der Waals surface area contributed by atoms with Crippen molar-refractivity contribution in [2.45, 2.75) is 6.42 Å². The number of hydrogen-bond donors (Lipinski definition) is 1. The topological polar surface area (TPSA) is 80.4 Å². The molecule has 1 N–H and O–H groups in total. The fourth-order valence-corrected chi connectivity index (χ4v) is 1.56. The molecule has 1 rings (SSSR count). The molecule has 0 radical (unpaired) electrons. The van der Waals surface area contributed by atoms with Crippen LogP contribution in [-0.4, -0.2) is 16.0 Å². The molecule has 1 aliphatic rings. The van der Waals surface area contributed by atoms with E-state index in [2.05, 4.69) is 0 Å². The van der Waals surface area contributed by atoms with Gasteiger partial charge in [-0.05, 0) is 35.1 Å². The number of rotatable bonds is 2. The van der Waals surface area contributed by atoms with E-state index in [4.69, 9.17) is 5.11 Å². The first kappa shape index (κ1) is 10.9. The lowest BCUT2D eigenvalue weighted by molar-refractivity contribution is -0.419. The number of allylic oxidation sites excluding steroid dienone is 4. The first-order valence-corrected chi connectivity index (χ1v) is 4.75. The molecule has 0 aromatic heterocycles. The van der Waals surface area contributed by atoms with Crippen molar-refractivity contribution in [2.75, 3.05) is 0 Å². The second kappa shape index (κ2) is 4.36. The van der Waals surface area contributed by atoms with E-state index in [1.54, 1.807) is 34.7 Å². The van der Waals surface area contributed by atoms with Gasteiger partial charge in [-0.2, -0.15) is 0 Å². The number of halogens is 1. The molecule has 0 fully saturated rings. The maximum absolute atomic E-state index is 10.6. The van der Waals surface area contributed by atoms with Gasteiger partial charge < -0.3 is 5.11 Å². The van der Waals surface area contributed by atoms with Crippen LogP contribution in [0.3, 0.4) is 0 Å². The van der Waals surface area contributed by atoms with Gasteiger partial charge in [-0.1, -0.05) is 6.08 Å². The molecule has 0 aliphatic heterocycles. The summed E-state index contributed by atoms with van der Waals surface area (Å²) >= 11 is 1.81. The van der Waals surface area contributed by atoms with E-state index < -0.39 is 10.9 Å². The van der Waals surface area contributed by atoms with Gasteiger partial charge in [-0.25, -0.2) is 4.79 Å². The Bertz CT molecular complexity index is 381. The molecule has 0 aromatic rings. The van der Waals surface area contributed by atoms with Crippen LogP contribution in [0.5, 0.6) is 0 Å². The fraction of sp³-hybridized carbons (Fsp3) is 0.125. The van der Waals surface area contributed by atoms with Crippen molar-refractivity contribution in [3.8, 4) is 0 Å². The van der Waals surface area contributed by atoms with Crippen molar-refractivity contribution in [3.63, 3.8) is 0 Å². The maximum Gasteiger partial charge on any atom is 0.332 e. The van der Waals surface area contributed by atoms with Gasteiger partial charge in [0, 0.05) is 11.6 Å². The summed E-state index contributed by atoms with van der Waals surface area (Å²) in [5, 5.41) is 19.3. The Morgan fingerprint density at radius 1 is 1.64 bits per heavy atom. The lowest BCUT2D eigenvalue weighted by atomic mass is 10.2. The Morgan fingerprint density at radius 3 is 2.79 bits per heavy atom. The largest absolute Gasteiger partial charge is 0.478 e. The maximum atomic E-state index is 10.6. The van der Waals surface area contributed by atoms with Crippen molar-refractivity contribution in [2.24, 2.45) is 0 Å². The van der Waals surface area contributed by atoms with Crippen LogP contribution in [0, 0.1) is 10.1 Å². The minimum Gasteiger partial charge on any atom is -0.478 e.